The Kier molecular flexibility index (Phi) is 9.89. The van der Waals surface area contributed by atoms with Crippen molar-refractivity contribution >= 4 is 12.4 Å². The van der Waals surface area contributed by atoms with E-state index in [1.807, 2.05) is 18.2 Å². The number of benzene rings is 3. The minimum atomic E-state index is -0.127. The summed E-state index contributed by atoms with van der Waals surface area (Å²) in [6.45, 7) is 3.16. The van der Waals surface area contributed by atoms with E-state index in [-0.39, 0.29) is 17.9 Å². The minimum absolute atomic E-state index is 0. The SMILES string of the molecule is COc1ccc(CCC(C)(NCCc2ccc(OC)c(OC)c2)c2ccccc2)cc1.Cl. The van der Waals surface area contributed by atoms with Gasteiger partial charge in [-0.25, -0.2) is 0 Å². The zero-order valence-corrected chi connectivity index (χ0v) is 20.2. The number of hydrogen-bond acceptors (Lipinski definition) is 4. The minimum Gasteiger partial charge on any atom is -0.497 e. The molecule has 3 aromatic carbocycles. The Balaban J connectivity index is 0.00000363. The molecule has 1 atom stereocenters. The summed E-state index contributed by atoms with van der Waals surface area (Å²) < 4.78 is 16.1. The molecule has 0 aliphatic heterocycles. The Morgan fingerprint density at radius 3 is 2.00 bits per heavy atom. The van der Waals surface area contributed by atoms with E-state index in [2.05, 4.69) is 66.8 Å². The number of rotatable bonds is 11. The van der Waals surface area contributed by atoms with Crippen LogP contribution in [0.1, 0.15) is 30.0 Å². The van der Waals surface area contributed by atoms with Crippen LogP contribution >= 0.6 is 12.4 Å². The molecular weight excluding hydrogens is 422 g/mol. The lowest BCUT2D eigenvalue weighted by Crippen LogP contribution is -2.41. The van der Waals surface area contributed by atoms with Gasteiger partial charge >= 0.3 is 0 Å². The lowest BCUT2D eigenvalue weighted by Gasteiger charge is -2.32. The molecule has 0 saturated heterocycles. The average Bonchev–Trinajstić information content (AvgIpc) is 2.83. The first kappa shape index (κ1) is 25.6. The summed E-state index contributed by atoms with van der Waals surface area (Å²) in [7, 11) is 5.03. The second-order valence-electron chi connectivity index (χ2n) is 7.91. The highest BCUT2D eigenvalue weighted by molar-refractivity contribution is 5.85. The van der Waals surface area contributed by atoms with Gasteiger partial charge < -0.3 is 19.5 Å². The molecule has 0 spiro atoms. The third-order valence-corrected chi connectivity index (χ3v) is 5.86. The predicted octanol–water partition coefficient (Wildman–Crippen LogP) is 5.81. The zero-order valence-electron chi connectivity index (χ0n) is 19.4. The molecule has 3 aromatic rings. The van der Waals surface area contributed by atoms with Crippen LogP contribution in [0, 0.1) is 0 Å². The van der Waals surface area contributed by atoms with E-state index in [1.165, 1.54) is 16.7 Å². The van der Waals surface area contributed by atoms with Crippen LogP contribution in [0.5, 0.6) is 17.2 Å². The van der Waals surface area contributed by atoms with Crippen molar-refractivity contribution in [3.8, 4) is 17.2 Å². The van der Waals surface area contributed by atoms with Crippen LogP contribution in [0.15, 0.2) is 72.8 Å². The fourth-order valence-electron chi connectivity index (χ4n) is 3.85. The molecule has 5 heteroatoms. The highest BCUT2D eigenvalue weighted by Crippen LogP contribution is 2.29. The summed E-state index contributed by atoms with van der Waals surface area (Å²) in [4.78, 5) is 0. The number of nitrogens with one attached hydrogen (secondary N) is 1. The number of aryl methyl sites for hydroxylation is 1. The van der Waals surface area contributed by atoms with Crippen LogP contribution in [0.3, 0.4) is 0 Å². The van der Waals surface area contributed by atoms with Crippen LogP contribution < -0.4 is 19.5 Å². The van der Waals surface area contributed by atoms with Gasteiger partial charge in [0.05, 0.1) is 21.3 Å². The van der Waals surface area contributed by atoms with Crippen molar-refractivity contribution < 1.29 is 14.2 Å². The van der Waals surface area contributed by atoms with Crippen LogP contribution in [0.25, 0.3) is 0 Å². The van der Waals surface area contributed by atoms with Gasteiger partial charge in [0, 0.05) is 5.54 Å². The Hall–Kier alpha value is -2.69. The smallest absolute Gasteiger partial charge is 0.160 e. The molecule has 3 rings (SSSR count). The number of hydrogen-bond donors (Lipinski definition) is 1. The molecule has 0 aliphatic carbocycles. The van der Waals surface area contributed by atoms with Crippen molar-refractivity contribution in [2.24, 2.45) is 0 Å². The molecule has 0 saturated carbocycles. The molecule has 1 N–H and O–H groups in total. The topological polar surface area (TPSA) is 39.7 Å². The van der Waals surface area contributed by atoms with Crippen LogP contribution in [0.2, 0.25) is 0 Å². The lowest BCUT2D eigenvalue weighted by molar-refractivity contribution is 0.341. The average molecular weight is 456 g/mol. The monoisotopic (exact) mass is 455 g/mol. The molecule has 0 amide bonds. The second-order valence-corrected chi connectivity index (χ2v) is 7.91. The summed E-state index contributed by atoms with van der Waals surface area (Å²) in [6.07, 6.45) is 2.89. The third-order valence-electron chi connectivity index (χ3n) is 5.86. The maximum Gasteiger partial charge on any atom is 0.160 e. The summed E-state index contributed by atoms with van der Waals surface area (Å²) in [5, 5.41) is 3.82. The van der Waals surface area contributed by atoms with Gasteiger partial charge in [-0.3, -0.25) is 0 Å². The largest absolute Gasteiger partial charge is 0.497 e. The molecule has 172 valence electrons. The van der Waals surface area contributed by atoms with E-state index in [0.29, 0.717) is 0 Å². The normalized spacial score (nSPS) is 12.4. The first-order valence-corrected chi connectivity index (χ1v) is 10.7. The molecular formula is C27H34ClNO3. The van der Waals surface area contributed by atoms with E-state index in [0.717, 1.165) is 43.1 Å². The lowest BCUT2D eigenvalue weighted by atomic mass is 9.85. The van der Waals surface area contributed by atoms with Crippen LogP contribution in [0.4, 0.5) is 0 Å². The molecule has 0 radical (unpaired) electrons. The Labute approximate surface area is 198 Å². The van der Waals surface area contributed by atoms with Crippen LogP contribution in [-0.2, 0) is 18.4 Å². The van der Waals surface area contributed by atoms with Gasteiger partial charge in [-0.2, -0.15) is 0 Å². The summed E-state index contributed by atoms with van der Waals surface area (Å²) >= 11 is 0. The van der Waals surface area contributed by atoms with Gasteiger partial charge in [0.1, 0.15) is 5.75 Å². The molecule has 0 fully saturated rings. The van der Waals surface area contributed by atoms with Crippen molar-refractivity contribution in [1.82, 2.24) is 5.32 Å². The Bertz CT molecular complexity index is 947. The highest BCUT2D eigenvalue weighted by Gasteiger charge is 2.25. The third kappa shape index (κ3) is 6.65. The molecule has 32 heavy (non-hydrogen) atoms. The van der Waals surface area contributed by atoms with Crippen molar-refractivity contribution in [3.63, 3.8) is 0 Å². The molecule has 0 bridgehead atoms. The Morgan fingerprint density at radius 1 is 0.719 bits per heavy atom. The van der Waals surface area contributed by atoms with E-state index in [9.17, 15) is 0 Å². The quantitative estimate of drug-likeness (QED) is 0.395. The summed E-state index contributed by atoms with van der Waals surface area (Å²) in [6, 6.07) is 25.2. The van der Waals surface area contributed by atoms with Crippen molar-refractivity contribution in [2.75, 3.05) is 27.9 Å². The second kappa shape index (κ2) is 12.4. The fourth-order valence-corrected chi connectivity index (χ4v) is 3.85. The molecule has 0 heterocycles. The molecule has 1 unspecified atom stereocenters. The zero-order chi connectivity index (χ0) is 22.1. The summed E-state index contributed by atoms with van der Waals surface area (Å²) in [5.74, 6) is 2.42. The molecule has 0 aromatic heterocycles. The van der Waals surface area contributed by atoms with Gasteiger partial charge in [-0.05, 0) is 73.7 Å². The van der Waals surface area contributed by atoms with Gasteiger partial charge in [-0.15, -0.1) is 12.4 Å². The fraction of sp³-hybridized carbons (Fsp3) is 0.333. The first-order chi connectivity index (χ1) is 15.1. The van der Waals surface area contributed by atoms with Gasteiger partial charge in [0.15, 0.2) is 11.5 Å². The molecule has 4 nitrogen and oxygen atoms in total. The van der Waals surface area contributed by atoms with Crippen molar-refractivity contribution in [3.05, 3.63) is 89.5 Å². The maximum absolute atomic E-state index is 5.44. The maximum atomic E-state index is 5.44. The van der Waals surface area contributed by atoms with E-state index >= 15 is 0 Å². The number of ether oxygens (including phenoxy) is 3. The van der Waals surface area contributed by atoms with Crippen molar-refractivity contribution in [1.29, 1.82) is 0 Å². The predicted molar refractivity (Wildman–Crippen MR) is 134 cm³/mol. The van der Waals surface area contributed by atoms with Crippen molar-refractivity contribution in [2.45, 2.75) is 31.7 Å². The Morgan fingerprint density at radius 2 is 1.38 bits per heavy atom. The van der Waals surface area contributed by atoms with Gasteiger partial charge in [0.2, 0.25) is 0 Å². The number of halogens is 1. The van der Waals surface area contributed by atoms with Gasteiger partial charge in [-0.1, -0.05) is 48.5 Å². The van der Waals surface area contributed by atoms with Crippen LogP contribution in [-0.4, -0.2) is 27.9 Å². The first-order valence-electron chi connectivity index (χ1n) is 10.7. The number of methoxy groups -OCH3 is 3. The van der Waals surface area contributed by atoms with E-state index in [1.54, 1.807) is 21.3 Å². The van der Waals surface area contributed by atoms with E-state index < -0.39 is 0 Å². The van der Waals surface area contributed by atoms with E-state index in [4.69, 9.17) is 14.2 Å². The summed E-state index contributed by atoms with van der Waals surface area (Å²) in [5.41, 5.74) is 3.70. The van der Waals surface area contributed by atoms with Gasteiger partial charge in [0.25, 0.3) is 0 Å². The highest BCUT2D eigenvalue weighted by atomic mass is 35.5. The standard InChI is InChI=1S/C27H33NO3.ClH/c1-27(23-8-6-5-7-9-23,18-16-21-10-13-24(29-2)14-11-21)28-19-17-22-12-15-25(30-3)26(20-22)31-4;/h5-15,20,28H,16-19H2,1-4H3;1H. The molecule has 0 aliphatic rings.